The summed E-state index contributed by atoms with van der Waals surface area (Å²) >= 11 is 0. The number of anilines is 2. The van der Waals surface area contributed by atoms with Crippen LogP contribution in [0.4, 0.5) is 11.4 Å². The monoisotopic (exact) mass is 1020 g/mol. The Hall–Kier alpha value is -5.95. The molecule has 1 amide bonds. The minimum Gasteiger partial charge on any atom is -0.454 e. The van der Waals surface area contributed by atoms with Crippen molar-refractivity contribution in [3.63, 3.8) is 0 Å². The highest BCUT2D eigenvalue weighted by Crippen LogP contribution is 2.39. The smallest absolute Gasteiger partial charge is 0.263 e. The van der Waals surface area contributed by atoms with Crippen LogP contribution in [0.3, 0.4) is 0 Å². The summed E-state index contributed by atoms with van der Waals surface area (Å²) in [7, 11) is -8.34. The highest BCUT2D eigenvalue weighted by Gasteiger charge is 2.26. The fourth-order valence-corrected chi connectivity index (χ4v) is 8.56. The molecule has 2 aliphatic rings. The second kappa shape index (κ2) is 28.8. The molecule has 386 valence electrons. The van der Waals surface area contributed by atoms with E-state index in [1.165, 1.54) is 35.4 Å². The van der Waals surface area contributed by atoms with Gasteiger partial charge in [-0.05, 0) is 61.4 Å². The number of benzene rings is 4. The molecular formula is C49H68N10O10S2. The van der Waals surface area contributed by atoms with Crippen LogP contribution in [-0.2, 0) is 29.5 Å². The number of carbonyl (C=O) groups is 2. The molecular weight excluding hydrogens is 953 g/mol. The maximum atomic E-state index is 12.9. The van der Waals surface area contributed by atoms with Gasteiger partial charge in [0.2, 0.25) is 20.0 Å². The second-order valence-electron chi connectivity index (χ2n) is 16.4. The summed E-state index contributed by atoms with van der Waals surface area (Å²) in [6, 6.07) is 23.3. The van der Waals surface area contributed by atoms with Gasteiger partial charge in [0.1, 0.15) is 27.6 Å². The number of ether oxygens (including phenoxy) is 4. The highest BCUT2D eigenvalue weighted by atomic mass is 32.2. The number of nitrogens with one attached hydrogen (secondary N) is 3. The number of carbonyl (C=O) groups excluding carboxylic acids is 2. The number of nitrogens with two attached hydrogens (primary N) is 3. The quantitative estimate of drug-likeness (QED) is 0.0533. The number of nitrogens with zero attached hydrogens (tertiary/aromatic N) is 4. The van der Waals surface area contributed by atoms with Gasteiger partial charge in [-0.1, -0.05) is 63.1 Å². The number of aromatic nitrogens is 2. The third kappa shape index (κ3) is 18.3. The largest absolute Gasteiger partial charge is 0.454 e. The van der Waals surface area contributed by atoms with E-state index in [4.69, 9.17) is 35.0 Å². The molecule has 0 spiro atoms. The molecule has 4 aromatic carbocycles. The SMILES string of the molecule is CCCCNc1cc(C(=O)NCCN2CCOCC2)cc(S(N)(=O)=O)c1Oc1ccccc1.CCCCNc1cc(C(=O)n2ccnc2)cc(S(N)(=O)=O)c1Oc1ccccc1.NCCN1CCOCC1. The summed E-state index contributed by atoms with van der Waals surface area (Å²) in [5.74, 6) is 0.227. The van der Waals surface area contributed by atoms with Crippen molar-refractivity contribution < 1.29 is 45.4 Å². The topological polar surface area (TPSA) is 278 Å². The summed E-state index contributed by atoms with van der Waals surface area (Å²) in [6.45, 7) is 15.0. The number of imidazole rings is 1. The molecule has 2 aliphatic heterocycles. The van der Waals surface area contributed by atoms with E-state index in [9.17, 15) is 26.4 Å². The molecule has 0 bridgehead atoms. The van der Waals surface area contributed by atoms with Crippen molar-refractivity contribution in [2.45, 2.75) is 49.3 Å². The van der Waals surface area contributed by atoms with E-state index in [2.05, 4.69) is 37.7 Å². The lowest BCUT2D eigenvalue weighted by atomic mass is 10.1. The van der Waals surface area contributed by atoms with Crippen molar-refractivity contribution in [3.8, 4) is 23.0 Å². The predicted octanol–water partition coefficient (Wildman–Crippen LogP) is 4.90. The summed E-state index contributed by atoms with van der Waals surface area (Å²) < 4.78 is 73.1. The molecule has 3 heterocycles. The molecule has 5 aromatic rings. The maximum absolute atomic E-state index is 12.9. The Kier molecular flexibility index (Phi) is 22.7. The molecule has 20 nitrogen and oxygen atoms in total. The lowest BCUT2D eigenvalue weighted by Crippen LogP contribution is -2.41. The van der Waals surface area contributed by atoms with Crippen molar-refractivity contribution in [1.29, 1.82) is 0 Å². The Balaban J connectivity index is 0.000000226. The van der Waals surface area contributed by atoms with Crippen LogP contribution in [0.5, 0.6) is 23.0 Å². The lowest BCUT2D eigenvalue weighted by Gasteiger charge is -2.26. The van der Waals surface area contributed by atoms with Gasteiger partial charge in [0.15, 0.2) is 11.5 Å². The van der Waals surface area contributed by atoms with E-state index in [-0.39, 0.29) is 38.3 Å². The van der Waals surface area contributed by atoms with Gasteiger partial charge in [0, 0.05) is 89.0 Å². The van der Waals surface area contributed by atoms with Gasteiger partial charge in [0.05, 0.1) is 37.8 Å². The number of morpholine rings is 2. The molecule has 9 N–H and O–H groups in total. The Morgan fingerprint density at radius 1 is 0.662 bits per heavy atom. The van der Waals surface area contributed by atoms with Gasteiger partial charge in [-0.2, -0.15) is 0 Å². The van der Waals surface area contributed by atoms with Gasteiger partial charge in [0.25, 0.3) is 11.8 Å². The summed E-state index contributed by atoms with van der Waals surface area (Å²) in [6.07, 6.45) is 7.91. The van der Waals surface area contributed by atoms with Crippen molar-refractivity contribution in [1.82, 2.24) is 24.7 Å². The molecule has 71 heavy (non-hydrogen) atoms. The molecule has 0 saturated carbocycles. The first-order valence-electron chi connectivity index (χ1n) is 23.7. The molecule has 2 fully saturated rings. The molecule has 0 atom stereocenters. The summed E-state index contributed by atoms with van der Waals surface area (Å²) in [4.78, 5) is 33.5. The van der Waals surface area contributed by atoms with Gasteiger partial charge in [-0.15, -0.1) is 0 Å². The molecule has 0 aliphatic carbocycles. The fraction of sp³-hybridized carbons (Fsp3) is 0.408. The van der Waals surface area contributed by atoms with Crippen LogP contribution < -0.4 is 41.4 Å². The molecule has 22 heteroatoms. The van der Waals surface area contributed by atoms with Crippen LogP contribution in [-0.4, -0.2) is 140 Å². The summed E-state index contributed by atoms with van der Waals surface area (Å²) in [5, 5.41) is 20.2. The van der Waals surface area contributed by atoms with Gasteiger partial charge in [-0.25, -0.2) is 32.1 Å². The number of rotatable bonds is 21. The molecule has 0 radical (unpaired) electrons. The van der Waals surface area contributed by atoms with E-state index >= 15 is 0 Å². The first kappa shape index (κ1) is 56.0. The number of sulfonamides is 2. The average Bonchev–Trinajstić information content (AvgIpc) is 3.91. The maximum Gasteiger partial charge on any atom is 0.263 e. The Bertz CT molecular complexity index is 2630. The van der Waals surface area contributed by atoms with Crippen LogP contribution >= 0.6 is 0 Å². The van der Waals surface area contributed by atoms with E-state index in [0.29, 0.717) is 62.3 Å². The zero-order valence-corrected chi connectivity index (χ0v) is 42.1. The normalized spacial score (nSPS) is 14.2. The average molecular weight is 1020 g/mol. The van der Waals surface area contributed by atoms with Crippen molar-refractivity contribution >= 4 is 43.2 Å². The first-order valence-corrected chi connectivity index (χ1v) is 26.8. The summed E-state index contributed by atoms with van der Waals surface area (Å²) in [5.41, 5.74) is 6.49. The minimum atomic E-state index is -4.17. The Morgan fingerprint density at radius 3 is 1.56 bits per heavy atom. The van der Waals surface area contributed by atoms with Gasteiger partial charge in [-0.3, -0.25) is 24.0 Å². The lowest BCUT2D eigenvalue weighted by molar-refractivity contribution is 0.0383. The van der Waals surface area contributed by atoms with Crippen molar-refractivity contribution in [3.05, 3.63) is 115 Å². The number of hydrogen-bond acceptors (Lipinski definition) is 16. The zero-order valence-electron chi connectivity index (χ0n) is 40.5. The third-order valence-corrected chi connectivity index (χ3v) is 12.8. The van der Waals surface area contributed by atoms with Crippen LogP contribution in [0.15, 0.2) is 113 Å². The van der Waals surface area contributed by atoms with Crippen molar-refractivity contribution in [2.24, 2.45) is 16.0 Å². The zero-order chi connectivity index (χ0) is 51.1. The van der Waals surface area contributed by atoms with Gasteiger partial charge < -0.3 is 40.6 Å². The standard InChI is InChI=1S/C23H32N4O5S.C20H22N4O4S.C6H14N2O/c1-2-3-9-25-20-16-18(23(28)26-10-11-27-12-14-31-15-13-27)17-21(33(24,29)30)22(20)32-19-7-5-4-6-8-19;1-2-3-9-23-17-12-15(20(25)24-11-10-22-14-24)13-18(29(21,26)27)19(17)28-16-7-5-4-6-8-16;7-1-2-8-3-5-9-6-4-8/h4-8,16-17,25H,2-3,9-15H2,1H3,(H,26,28)(H2,24,29,30);4-8,10-14,23H,2-3,9H2,1H3,(H2,21,26,27);1-7H2. The molecule has 1 aromatic heterocycles. The molecule has 0 unspecified atom stereocenters. The number of amides is 1. The second-order valence-corrected chi connectivity index (χ2v) is 19.5. The Morgan fingerprint density at radius 2 is 1.13 bits per heavy atom. The van der Waals surface area contributed by atoms with E-state index in [0.717, 1.165) is 78.2 Å². The van der Waals surface area contributed by atoms with Gasteiger partial charge >= 0.3 is 0 Å². The molecule has 7 rings (SSSR count). The van der Waals surface area contributed by atoms with Crippen molar-refractivity contribution in [2.75, 3.05) is 103 Å². The number of primary sulfonamides is 2. The first-order chi connectivity index (χ1) is 34.2. The van der Waals surface area contributed by atoms with E-state index < -0.39 is 26.0 Å². The highest BCUT2D eigenvalue weighted by molar-refractivity contribution is 7.89. The number of hydrogen-bond donors (Lipinski definition) is 6. The van der Waals surface area contributed by atoms with E-state index in [1.807, 2.05) is 19.1 Å². The van der Waals surface area contributed by atoms with Crippen LogP contribution in [0.1, 0.15) is 60.2 Å². The fourth-order valence-electron chi connectivity index (χ4n) is 7.16. The predicted molar refractivity (Wildman–Crippen MR) is 273 cm³/mol. The van der Waals surface area contributed by atoms with Crippen LogP contribution in [0.2, 0.25) is 0 Å². The third-order valence-electron chi connectivity index (χ3n) is 11.0. The number of unbranched alkanes of at least 4 members (excludes halogenated alkanes) is 2. The van der Waals surface area contributed by atoms with Crippen LogP contribution in [0.25, 0.3) is 0 Å². The van der Waals surface area contributed by atoms with E-state index in [1.54, 1.807) is 60.7 Å². The number of para-hydroxylation sites is 2. The minimum absolute atomic E-state index is 0.0528. The molecule has 2 saturated heterocycles. The van der Waals surface area contributed by atoms with Crippen LogP contribution in [0, 0.1) is 0 Å². The Labute approximate surface area is 417 Å².